The maximum atomic E-state index is 12.6. The van der Waals surface area contributed by atoms with E-state index in [0.717, 1.165) is 0 Å². The first-order chi connectivity index (χ1) is 6.05. The lowest BCUT2D eigenvalue weighted by molar-refractivity contribution is 0.0251. The molecule has 0 aliphatic carbocycles. The summed E-state index contributed by atoms with van der Waals surface area (Å²) in [5, 5.41) is 12.6. The number of hydrogen-bond acceptors (Lipinski definition) is 5. The Kier molecular flexibility index (Phi) is 2.71. The highest BCUT2D eigenvalue weighted by molar-refractivity contribution is 5.21. The van der Waals surface area contributed by atoms with Gasteiger partial charge in [-0.25, -0.2) is 13.5 Å². The molecule has 1 heterocycles. The van der Waals surface area contributed by atoms with E-state index in [1.165, 1.54) is 4.68 Å². The first-order valence-corrected chi connectivity index (χ1v) is 3.59. The van der Waals surface area contributed by atoms with E-state index in [2.05, 4.69) is 20.8 Å². The number of rotatable bonds is 4. The van der Waals surface area contributed by atoms with Crippen LogP contribution in [-0.2, 0) is 7.05 Å². The lowest BCUT2D eigenvalue weighted by Gasteiger charge is -2.13. The Labute approximate surface area is 73.1 Å². The van der Waals surface area contributed by atoms with Crippen molar-refractivity contribution in [3.05, 3.63) is 0 Å². The number of aryl methyl sites for hydroxylation is 1. The first-order valence-electron chi connectivity index (χ1n) is 3.59. The molecule has 0 saturated heterocycles. The topological polar surface area (TPSA) is 81.7 Å². The molecule has 0 amide bonds. The van der Waals surface area contributed by atoms with Crippen LogP contribution in [0, 0.1) is 0 Å². The van der Waals surface area contributed by atoms with Crippen LogP contribution in [0.25, 0.3) is 0 Å². The van der Waals surface area contributed by atoms with E-state index >= 15 is 0 Å². The second kappa shape index (κ2) is 3.60. The van der Waals surface area contributed by atoms with E-state index in [-0.39, 0.29) is 5.95 Å². The number of nitrogens with zero attached hydrogens (tertiary/aromatic N) is 4. The molecule has 0 fully saturated rings. The van der Waals surface area contributed by atoms with Crippen molar-refractivity contribution in [2.45, 2.75) is 5.92 Å². The predicted octanol–water partition coefficient (Wildman–Crippen LogP) is -0.784. The molecule has 6 nitrogen and oxygen atoms in total. The van der Waals surface area contributed by atoms with Crippen molar-refractivity contribution in [1.82, 2.24) is 20.2 Å². The van der Waals surface area contributed by atoms with Gasteiger partial charge < -0.3 is 11.1 Å². The number of halogens is 2. The molecule has 0 saturated carbocycles. The molecule has 74 valence electrons. The summed E-state index contributed by atoms with van der Waals surface area (Å²) in [4.78, 5) is 0. The van der Waals surface area contributed by atoms with Crippen LogP contribution < -0.4 is 11.1 Å². The lowest BCUT2D eigenvalue weighted by Crippen LogP contribution is -2.35. The van der Waals surface area contributed by atoms with Crippen LogP contribution >= 0.6 is 0 Å². The Bertz CT molecular complexity index is 272. The molecule has 0 aromatic carbocycles. The summed E-state index contributed by atoms with van der Waals surface area (Å²) in [6, 6.07) is 0. The summed E-state index contributed by atoms with van der Waals surface area (Å²) < 4.78 is 26.5. The molecular weight excluding hydrogens is 182 g/mol. The van der Waals surface area contributed by atoms with E-state index in [9.17, 15) is 8.78 Å². The van der Waals surface area contributed by atoms with Crippen LogP contribution in [-0.4, -0.2) is 39.2 Å². The average molecular weight is 192 g/mol. The molecule has 0 unspecified atom stereocenters. The second-order valence-corrected chi connectivity index (χ2v) is 2.54. The van der Waals surface area contributed by atoms with Crippen molar-refractivity contribution in [3.8, 4) is 0 Å². The van der Waals surface area contributed by atoms with Crippen LogP contribution in [0.15, 0.2) is 0 Å². The maximum absolute atomic E-state index is 12.6. The van der Waals surface area contributed by atoms with Crippen molar-refractivity contribution < 1.29 is 8.78 Å². The molecule has 0 spiro atoms. The lowest BCUT2D eigenvalue weighted by atomic mass is 10.3. The number of nitrogens with one attached hydrogen (secondary N) is 1. The van der Waals surface area contributed by atoms with Crippen molar-refractivity contribution in [3.63, 3.8) is 0 Å². The maximum Gasteiger partial charge on any atom is 0.277 e. The summed E-state index contributed by atoms with van der Waals surface area (Å²) in [7, 11) is 1.54. The Morgan fingerprint density at radius 2 is 2.31 bits per heavy atom. The van der Waals surface area contributed by atoms with Crippen LogP contribution in [0.5, 0.6) is 0 Å². The normalized spacial score (nSPS) is 11.7. The third-order valence-electron chi connectivity index (χ3n) is 1.42. The molecule has 0 radical (unpaired) electrons. The highest BCUT2D eigenvalue weighted by Gasteiger charge is 2.26. The van der Waals surface area contributed by atoms with Gasteiger partial charge in [-0.05, 0) is 10.4 Å². The summed E-state index contributed by atoms with van der Waals surface area (Å²) in [6.45, 7) is -1.27. The number of nitrogens with two attached hydrogens (primary N) is 1. The molecule has 1 aromatic heterocycles. The summed E-state index contributed by atoms with van der Waals surface area (Å²) in [6.07, 6.45) is 0. The molecule has 3 N–H and O–H groups in total. The number of alkyl halides is 2. The quantitative estimate of drug-likeness (QED) is 0.653. The van der Waals surface area contributed by atoms with Crippen LogP contribution in [0.1, 0.15) is 0 Å². The van der Waals surface area contributed by atoms with Crippen LogP contribution in [0.3, 0.4) is 0 Å². The molecular formula is C5H10F2N6. The number of anilines is 1. The number of tetrazole rings is 1. The minimum absolute atomic E-state index is 0.188. The summed E-state index contributed by atoms with van der Waals surface area (Å²) in [5.74, 6) is -2.75. The van der Waals surface area contributed by atoms with Crippen molar-refractivity contribution in [1.29, 1.82) is 0 Å². The van der Waals surface area contributed by atoms with E-state index in [1.54, 1.807) is 7.05 Å². The molecule has 0 aliphatic heterocycles. The molecule has 1 aromatic rings. The zero-order valence-corrected chi connectivity index (χ0v) is 7.04. The van der Waals surface area contributed by atoms with Gasteiger partial charge in [-0.3, -0.25) is 0 Å². The first kappa shape index (κ1) is 9.78. The van der Waals surface area contributed by atoms with Gasteiger partial charge in [0.2, 0.25) is 5.95 Å². The minimum atomic E-state index is -2.94. The monoisotopic (exact) mass is 192 g/mol. The van der Waals surface area contributed by atoms with Gasteiger partial charge in [0.1, 0.15) is 0 Å². The van der Waals surface area contributed by atoms with Gasteiger partial charge in [0.15, 0.2) is 0 Å². The minimum Gasteiger partial charge on any atom is -0.347 e. The summed E-state index contributed by atoms with van der Waals surface area (Å²) >= 11 is 0. The van der Waals surface area contributed by atoms with Gasteiger partial charge in [0.05, 0.1) is 13.1 Å². The SMILES string of the molecule is Cn1nnnc1NCC(F)(F)CN. The van der Waals surface area contributed by atoms with Crippen molar-refractivity contribution in [2.75, 3.05) is 18.4 Å². The standard InChI is InChI=1S/C5H10F2N6/c1-13-4(10-11-12-13)9-3-5(6,7)2-8/h2-3,8H2,1H3,(H,9,10,12). The third-order valence-corrected chi connectivity index (χ3v) is 1.42. The zero-order chi connectivity index (χ0) is 9.90. The van der Waals surface area contributed by atoms with Gasteiger partial charge in [-0.15, -0.1) is 0 Å². The van der Waals surface area contributed by atoms with Gasteiger partial charge in [0.25, 0.3) is 5.92 Å². The Morgan fingerprint density at radius 3 is 2.77 bits per heavy atom. The van der Waals surface area contributed by atoms with Crippen LogP contribution in [0.4, 0.5) is 14.7 Å². The highest BCUT2D eigenvalue weighted by atomic mass is 19.3. The largest absolute Gasteiger partial charge is 0.347 e. The predicted molar refractivity (Wildman–Crippen MR) is 41.3 cm³/mol. The van der Waals surface area contributed by atoms with E-state index in [1.807, 2.05) is 0 Å². The zero-order valence-electron chi connectivity index (χ0n) is 7.04. The number of hydrogen-bond donors (Lipinski definition) is 2. The second-order valence-electron chi connectivity index (χ2n) is 2.54. The molecule has 0 atom stereocenters. The fraction of sp³-hybridized carbons (Fsp3) is 0.800. The highest BCUT2D eigenvalue weighted by Crippen LogP contribution is 2.11. The van der Waals surface area contributed by atoms with E-state index in [0.29, 0.717) is 0 Å². The Balaban J connectivity index is 2.48. The van der Waals surface area contributed by atoms with Gasteiger partial charge >= 0.3 is 0 Å². The molecule has 0 aliphatic rings. The third kappa shape index (κ3) is 2.58. The summed E-state index contributed by atoms with van der Waals surface area (Å²) in [5.41, 5.74) is 4.84. The van der Waals surface area contributed by atoms with E-state index in [4.69, 9.17) is 5.73 Å². The Morgan fingerprint density at radius 1 is 1.62 bits per heavy atom. The fourth-order valence-corrected chi connectivity index (χ4v) is 0.660. The van der Waals surface area contributed by atoms with Crippen molar-refractivity contribution >= 4 is 5.95 Å². The smallest absolute Gasteiger partial charge is 0.277 e. The molecule has 1 rings (SSSR count). The van der Waals surface area contributed by atoms with Gasteiger partial charge in [-0.1, -0.05) is 5.10 Å². The molecule has 8 heteroatoms. The fourth-order valence-electron chi connectivity index (χ4n) is 0.660. The van der Waals surface area contributed by atoms with E-state index < -0.39 is 19.0 Å². The molecule has 13 heavy (non-hydrogen) atoms. The number of aromatic nitrogens is 4. The average Bonchev–Trinajstić information content (AvgIpc) is 2.48. The van der Waals surface area contributed by atoms with Crippen LogP contribution in [0.2, 0.25) is 0 Å². The van der Waals surface area contributed by atoms with Gasteiger partial charge in [-0.2, -0.15) is 0 Å². The Hall–Kier alpha value is -1.31. The van der Waals surface area contributed by atoms with Crippen molar-refractivity contribution in [2.24, 2.45) is 12.8 Å². The van der Waals surface area contributed by atoms with Gasteiger partial charge in [0, 0.05) is 7.05 Å². The molecule has 0 bridgehead atoms.